The van der Waals surface area contributed by atoms with Gasteiger partial charge in [0.05, 0.1) is 6.26 Å². The fraction of sp³-hybridized carbons (Fsp3) is 0.400. The smallest absolute Gasteiger partial charge is 0.287 e. The van der Waals surface area contributed by atoms with E-state index < -0.39 is 0 Å². The van der Waals surface area contributed by atoms with Crippen molar-refractivity contribution in [3.63, 3.8) is 0 Å². The highest BCUT2D eigenvalue weighted by atomic mass is 16.3. The number of hydrogen-bond acceptors (Lipinski definition) is 3. The van der Waals surface area contributed by atoms with Crippen molar-refractivity contribution in [3.8, 4) is 0 Å². The minimum atomic E-state index is -0.161. The monoisotopic (exact) mass is 261 g/mol. The zero-order valence-corrected chi connectivity index (χ0v) is 11.5. The molecule has 2 aromatic heterocycles. The van der Waals surface area contributed by atoms with Crippen molar-refractivity contribution >= 4 is 5.91 Å². The third-order valence-electron chi connectivity index (χ3n) is 3.07. The van der Waals surface area contributed by atoms with Gasteiger partial charge in [0.1, 0.15) is 11.5 Å². The molecule has 0 fully saturated rings. The van der Waals surface area contributed by atoms with Crippen LogP contribution in [0.1, 0.15) is 41.0 Å². The number of aryl methyl sites for hydroxylation is 3. The second-order valence-corrected chi connectivity index (χ2v) is 4.86. The maximum absolute atomic E-state index is 11.9. The van der Waals surface area contributed by atoms with Crippen molar-refractivity contribution in [3.05, 3.63) is 47.3 Å². The second kappa shape index (κ2) is 5.78. The maximum Gasteiger partial charge on any atom is 0.287 e. The number of furan rings is 2. The van der Waals surface area contributed by atoms with E-state index in [2.05, 4.69) is 5.32 Å². The Hall–Kier alpha value is -1.97. The first-order valence-electron chi connectivity index (χ1n) is 6.46. The molecule has 0 saturated heterocycles. The Labute approximate surface area is 112 Å². The van der Waals surface area contributed by atoms with Gasteiger partial charge < -0.3 is 14.2 Å². The van der Waals surface area contributed by atoms with Crippen molar-refractivity contribution in [2.45, 2.75) is 39.7 Å². The Bertz CT molecular complexity index is 553. The van der Waals surface area contributed by atoms with Crippen molar-refractivity contribution < 1.29 is 13.6 Å². The van der Waals surface area contributed by atoms with Gasteiger partial charge in [-0.3, -0.25) is 4.79 Å². The molecule has 0 aliphatic heterocycles. The summed E-state index contributed by atoms with van der Waals surface area (Å²) in [6.45, 7) is 5.76. The molecule has 4 heteroatoms. The van der Waals surface area contributed by atoms with Gasteiger partial charge >= 0.3 is 0 Å². The average molecular weight is 261 g/mol. The highest BCUT2D eigenvalue weighted by Crippen LogP contribution is 2.11. The van der Waals surface area contributed by atoms with Gasteiger partial charge in [0.2, 0.25) is 0 Å². The summed E-state index contributed by atoms with van der Waals surface area (Å²) >= 11 is 0. The molecule has 1 atom stereocenters. The molecular formula is C15H19NO3. The van der Waals surface area contributed by atoms with Gasteiger partial charge in [0, 0.05) is 18.0 Å². The molecule has 0 aliphatic carbocycles. The SMILES string of the molecule is Cc1ccc(CC[C@H](C)NC(=O)c2occc2C)o1. The molecule has 4 nitrogen and oxygen atoms in total. The summed E-state index contributed by atoms with van der Waals surface area (Å²) in [6, 6.07) is 5.78. The van der Waals surface area contributed by atoms with Crippen molar-refractivity contribution in [2.75, 3.05) is 0 Å². The number of amides is 1. The minimum absolute atomic E-state index is 0.0717. The Morgan fingerprint density at radius 1 is 1.32 bits per heavy atom. The van der Waals surface area contributed by atoms with Gasteiger partial charge in [0.15, 0.2) is 5.76 Å². The molecule has 2 aromatic rings. The lowest BCUT2D eigenvalue weighted by molar-refractivity contribution is 0.0909. The molecule has 0 aromatic carbocycles. The van der Waals surface area contributed by atoms with Crippen LogP contribution in [0, 0.1) is 13.8 Å². The van der Waals surface area contributed by atoms with Crippen molar-refractivity contribution in [2.24, 2.45) is 0 Å². The molecule has 0 radical (unpaired) electrons. The Morgan fingerprint density at radius 3 is 2.68 bits per heavy atom. The topological polar surface area (TPSA) is 55.4 Å². The van der Waals surface area contributed by atoms with Crippen LogP contribution in [-0.4, -0.2) is 11.9 Å². The highest BCUT2D eigenvalue weighted by molar-refractivity contribution is 5.92. The normalized spacial score (nSPS) is 12.4. The first-order valence-corrected chi connectivity index (χ1v) is 6.46. The van der Waals surface area contributed by atoms with Gasteiger partial charge in [-0.2, -0.15) is 0 Å². The second-order valence-electron chi connectivity index (χ2n) is 4.86. The van der Waals surface area contributed by atoms with Crippen LogP contribution in [0.3, 0.4) is 0 Å². The fourth-order valence-electron chi connectivity index (χ4n) is 1.95. The fourth-order valence-corrected chi connectivity index (χ4v) is 1.95. The van der Waals surface area contributed by atoms with E-state index in [1.807, 2.05) is 32.9 Å². The van der Waals surface area contributed by atoms with Gasteiger partial charge in [-0.15, -0.1) is 0 Å². The summed E-state index contributed by atoms with van der Waals surface area (Å²) in [7, 11) is 0. The van der Waals surface area contributed by atoms with Crippen LogP contribution in [0.2, 0.25) is 0 Å². The van der Waals surface area contributed by atoms with Crippen LogP contribution in [0.4, 0.5) is 0 Å². The first kappa shape index (κ1) is 13.5. The molecule has 0 bridgehead atoms. The molecule has 0 unspecified atom stereocenters. The van der Waals surface area contributed by atoms with E-state index in [4.69, 9.17) is 8.83 Å². The van der Waals surface area contributed by atoms with Crippen molar-refractivity contribution in [1.29, 1.82) is 0 Å². The number of carbonyl (C=O) groups is 1. The Kier molecular flexibility index (Phi) is 4.10. The summed E-state index contributed by atoms with van der Waals surface area (Å²) in [6.07, 6.45) is 3.17. The molecule has 0 saturated carbocycles. The standard InChI is InChI=1S/C15H19NO3/c1-10-8-9-18-14(10)15(17)16-11(2)4-6-13-7-5-12(3)19-13/h5,7-9,11H,4,6H2,1-3H3,(H,16,17)/t11-/m0/s1. The molecule has 19 heavy (non-hydrogen) atoms. The third kappa shape index (κ3) is 3.50. The number of nitrogens with one attached hydrogen (secondary N) is 1. The van der Waals surface area contributed by atoms with E-state index >= 15 is 0 Å². The largest absolute Gasteiger partial charge is 0.466 e. The van der Waals surface area contributed by atoms with Crippen LogP contribution >= 0.6 is 0 Å². The number of carbonyl (C=O) groups excluding carboxylic acids is 1. The average Bonchev–Trinajstić information content (AvgIpc) is 2.95. The molecule has 2 heterocycles. The van der Waals surface area contributed by atoms with Gasteiger partial charge in [-0.1, -0.05) is 0 Å². The number of rotatable bonds is 5. The predicted molar refractivity (Wildman–Crippen MR) is 72.1 cm³/mol. The van der Waals surface area contributed by atoms with Crippen molar-refractivity contribution in [1.82, 2.24) is 5.32 Å². The van der Waals surface area contributed by atoms with Gasteiger partial charge in [0.25, 0.3) is 5.91 Å². The van der Waals surface area contributed by atoms with E-state index in [1.54, 1.807) is 6.07 Å². The van der Waals surface area contributed by atoms with Gasteiger partial charge in [-0.25, -0.2) is 0 Å². The lowest BCUT2D eigenvalue weighted by atomic mass is 10.1. The quantitative estimate of drug-likeness (QED) is 0.899. The van der Waals surface area contributed by atoms with E-state index in [0.717, 1.165) is 29.9 Å². The lowest BCUT2D eigenvalue weighted by Crippen LogP contribution is -2.33. The zero-order valence-electron chi connectivity index (χ0n) is 11.5. The van der Waals surface area contributed by atoms with Crippen LogP contribution < -0.4 is 5.32 Å². The molecule has 1 N–H and O–H groups in total. The maximum atomic E-state index is 11.9. The summed E-state index contributed by atoms with van der Waals surface area (Å²) in [5, 5.41) is 2.93. The molecule has 0 aliphatic rings. The summed E-state index contributed by atoms with van der Waals surface area (Å²) < 4.78 is 10.7. The summed E-state index contributed by atoms with van der Waals surface area (Å²) in [5.41, 5.74) is 0.853. The Balaban J connectivity index is 1.83. The van der Waals surface area contributed by atoms with E-state index in [9.17, 15) is 4.79 Å². The predicted octanol–water partition coefficient (Wildman–Crippen LogP) is 3.24. The third-order valence-corrected chi connectivity index (χ3v) is 3.07. The van der Waals surface area contributed by atoms with E-state index in [-0.39, 0.29) is 11.9 Å². The molecule has 0 spiro atoms. The van der Waals surface area contributed by atoms with Gasteiger partial charge in [-0.05, 0) is 45.4 Å². The highest BCUT2D eigenvalue weighted by Gasteiger charge is 2.15. The van der Waals surface area contributed by atoms with E-state index in [0.29, 0.717) is 5.76 Å². The lowest BCUT2D eigenvalue weighted by Gasteiger charge is -2.12. The van der Waals surface area contributed by atoms with Crippen LogP contribution in [0.5, 0.6) is 0 Å². The molecule has 2 rings (SSSR count). The van der Waals surface area contributed by atoms with Crippen LogP contribution in [-0.2, 0) is 6.42 Å². The minimum Gasteiger partial charge on any atom is -0.466 e. The zero-order chi connectivity index (χ0) is 13.8. The molecular weight excluding hydrogens is 242 g/mol. The molecule has 1 amide bonds. The summed E-state index contributed by atoms with van der Waals surface area (Å²) in [5.74, 6) is 2.09. The summed E-state index contributed by atoms with van der Waals surface area (Å²) in [4.78, 5) is 11.9. The number of hydrogen-bond donors (Lipinski definition) is 1. The van der Waals surface area contributed by atoms with Crippen LogP contribution in [0.15, 0.2) is 33.3 Å². The molecule has 102 valence electrons. The first-order chi connectivity index (χ1) is 9.06. The van der Waals surface area contributed by atoms with Crippen LogP contribution in [0.25, 0.3) is 0 Å². The Morgan fingerprint density at radius 2 is 2.11 bits per heavy atom. The van der Waals surface area contributed by atoms with E-state index in [1.165, 1.54) is 6.26 Å².